The van der Waals surface area contributed by atoms with Crippen molar-refractivity contribution in [3.63, 3.8) is 0 Å². The molecule has 0 aliphatic heterocycles. The van der Waals surface area contributed by atoms with E-state index in [2.05, 4.69) is 63.6 Å². The van der Waals surface area contributed by atoms with Crippen molar-refractivity contribution in [2.24, 2.45) is 5.92 Å². The number of aryl methyl sites for hydroxylation is 1. The molecule has 1 atom stereocenters. The van der Waals surface area contributed by atoms with Gasteiger partial charge in [-0.1, -0.05) is 0 Å². The van der Waals surface area contributed by atoms with E-state index in [1.807, 2.05) is 0 Å². The Morgan fingerprint density at radius 3 is 2.18 bits per heavy atom. The van der Waals surface area contributed by atoms with Crippen LogP contribution in [0, 0.1) is 5.92 Å². The normalized spacial score (nSPS) is 16.3. The number of carbonyl (C=O) groups excluding carboxylic acids is 1. The maximum absolute atomic E-state index is 12.7. The summed E-state index contributed by atoms with van der Waals surface area (Å²) in [5, 5.41) is 1.50. The van der Waals surface area contributed by atoms with E-state index in [-0.39, 0.29) is 30.7 Å². The quantitative estimate of drug-likeness (QED) is 0.511. The summed E-state index contributed by atoms with van der Waals surface area (Å²) in [6, 6.07) is 4.28. The van der Waals surface area contributed by atoms with Crippen LogP contribution in [0.3, 0.4) is 0 Å². The first-order valence-corrected chi connectivity index (χ1v) is 13.4. The van der Waals surface area contributed by atoms with Crippen molar-refractivity contribution in [3.8, 4) is 0 Å². The topological polar surface area (TPSA) is 29.1 Å². The van der Waals surface area contributed by atoms with Gasteiger partial charge in [-0.2, -0.15) is 0 Å². The zero-order valence-corrected chi connectivity index (χ0v) is 22.3. The summed E-state index contributed by atoms with van der Waals surface area (Å²) in [4.78, 5) is 12.7. The van der Waals surface area contributed by atoms with Crippen molar-refractivity contribution >= 4 is 25.5 Å². The molecule has 1 aliphatic rings. The Balaban J connectivity index is 0.00000364. The predicted molar refractivity (Wildman–Crippen MR) is 111 cm³/mol. The third-order valence-corrected chi connectivity index (χ3v) is 8.15. The van der Waals surface area contributed by atoms with Crippen LogP contribution in [0.2, 0.25) is 13.1 Å². The molecule has 0 heterocycles. The molecule has 2 nitrogen and oxygen atoms in total. The summed E-state index contributed by atoms with van der Waals surface area (Å²) in [5.41, 5.74) is 9.15. The fourth-order valence-corrected chi connectivity index (χ4v) is 6.30. The molecule has 0 saturated carbocycles. The van der Waals surface area contributed by atoms with Crippen LogP contribution in [0.25, 0.3) is 5.57 Å². The van der Waals surface area contributed by atoms with Crippen molar-refractivity contribution in [1.82, 2.24) is 3.80 Å². The van der Waals surface area contributed by atoms with E-state index in [9.17, 15) is 4.79 Å². The molecule has 0 saturated heterocycles. The van der Waals surface area contributed by atoms with E-state index in [0.29, 0.717) is 5.92 Å². The average Bonchev–Trinajstić information content (AvgIpc) is 2.81. The van der Waals surface area contributed by atoms with Crippen LogP contribution in [0.15, 0.2) is 28.9 Å². The second kappa shape index (κ2) is 11.8. The molecule has 0 fully saturated rings. The maximum Gasteiger partial charge on any atom is -1.00 e. The fraction of sp³-hybridized carbons (Fsp3) is 0.500. The van der Waals surface area contributed by atoms with Gasteiger partial charge in [0.2, 0.25) is 0 Å². The van der Waals surface area contributed by atoms with Gasteiger partial charge >= 0.3 is 173 Å². The van der Waals surface area contributed by atoms with Crippen molar-refractivity contribution < 1.29 is 50.3 Å². The number of unbranched alkanes of at least 4 members (excludes halogenated alkanes) is 1. The first-order valence-electron chi connectivity index (χ1n) is 9.77. The van der Waals surface area contributed by atoms with Gasteiger partial charge in [-0.3, -0.25) is 0 Å². The first-order chi connectivity index (χ1) is 12.3. The minimum atomic E-state index is -1.11. The van der Waals surface area contributed by atoms with Crippen molar-refractivity contribution in [3.05, 3.63) is 45.5 Å². The summed E-state index contributed by atoms with van der Waals surface area (Å²) in [6.07, 6.45) is 3.52. The van der Waals surface area contributed by atoms with Gasteiger partial charge in [0.25, 0.3) is 0 Å². The van der Waals surface area contributed by atoms with E-state index in [1.165, 1.54) is 51.4 Å². The second-order valence-electron chi connectivity index (χ2n) is 7.84. The number of benzene rings is 1. The average molecular weight is 473 g/mol. The van der Waals surface area contributed by atoms with Crippen LogP contribution in [-0.4, -0.2) is 14.7 Å². The van der Waals surface area contributed by atoms with Crippen LogP contribution in [0.1, 0.15) is 68.9 Å². The molecular weight excluding hydrogens is 441 g/mol. The zero-order valence-electron chi connectivity index (χ0n) is 18.1. The SMILES string of the molecule is CCCCc1ccc(C(=O)[NH][Ti+2])c(C2=C(C)C(C)=C(C)C2C)c1[SiH](C)C.[Cl-].[Cl-]. The summed E-state index contributed by atoms with van der Waals surface area (Å²) in [5.74, 6) is 0.416. The number of allylic oxidation sites excluding steroid dienone is 4. The van der Waals surface area contributed by atoms with Gasteiger partial charge in [-0.15, -0.1) is 0 Å². The van der Waals surface area contributed by atoms with Crippen molar-refractivity contribution in [2.75, 3.05) is 0 Å². The molecule has 1 aromatic rings. The van der Waals surface area contributed by atoms with E-state index in [4.69, 9.17) is 0 Å². The Hall–Kier alpha value is -0.319. The molecule has 1 N–H and O–H groups in total. The van der Waals surface area contributed by atoms with E-state index >= 15 is 0 Å². The molecule has 2 rings (SSSR count). The van der Waals surface area contributed by atoms with Gasteiger partial charge in [-0.05, 0) is 0 Å². The zero-order chi connectivity index (χ0) is 19.6. The molecule has 6 heteroatoms. The Morgan fingerprint density at radius 2 is 1.75 bits per heavy atom. The monoisotopic (exact) mass is 472 g/mol. The number of nitrogens with one attached hydrogen (secondary N) is 1. The van der Waals surface area contributed by atoms with Crippen LogP contribution in [0.5, 0.6) is 0 Å². The first kappa shape index (κ1) is 27.7. The van der Waals surface area contributed by atoms with E-state index < -0.39 is 8.80 Å². The predicted octanol–water partition coefficient (Wildman–Crippen LogP) is -1.32. The number of rotatable bonds is 6. The maximum atomic E-state index is 12.7. The molecule has 1 unspecified atom stereocenters. The number of hydrogen-bond donors (Lipinski definition) is 1. The molecule has 28 heavy (non-hydrogen) atoms. The Labute approximate surface area is 197 Å². The third-order valence-electron chi connectivity index (χ3n) is 5.98. The fourth-order valence-electron chi connectivity index (χ4n) is 4.22. The van der Waals surface area contributed by atoms with Gasteiger partial charge in [0.15, 0.2) is 0 Å². The standard InChI is InChI=1S/C22H33NOSi.2ClH.Ti/c1-8-9-10-17-11-12-18(22(23)24)20(21(17)25(6)7)19-15(4)13(2)14(3)16(19)5;;;/h11-12,15,25H,8-10H2,1-7H3,(H2,23,24);2*1H;/q;;;+3/p-3. The minimum absolute atomic E-state index is 0. The minimum Gasteiger partial charge on any atom is -1.00 e. The summed E-state index contributed by atoms with van der Waals surface area (Å²) < 4.78 is 2.87. The molecule has 0 spiro atoms. The largest absolute Gasteiger partial charge is 1.00 e. The number of hydrogen-bond acceptors (Lipinski definition) is 1. The van der Waals surface area contributed by atoms with Gasteiger partial charge < -0.3 is 24.8 Å². The van der Waals surface area contributed by atoms with Crippen molar-refractivity contribution in [2.45, 2.75) is 67.0 Å². The Morgan fingerprint density at radius 1 is 1.14 bits per heavy atom. The van der Waals surface area contributed by atoms with E-state index in [0.717, 1.165) is 12.0 Å². The summed E-state index contributed by atoms with van der Waals surface area (Å²) in [7, 11) is -1.11. The van der Waals surface area contributed by atoms with Crippen molar-refractivity contribution in [1.29, 1.82) is 0 Å². The Bertz CT molecular complexity index is 787. The summed E-state index contributed by atoms with van der Waals surface area (Å²) >= 11 is 1.73. The van der Waals surface area contributed by atoms with Crippen LogP contribution in [-0.2, 0) is 27.1 Å². The number of halogens is 2. The van der Waals surface area contributed by atoms with Gasteiger partial charge in [0.1, 0.15) is 0 Å². The smallest absolute Gasteiger partial charge is 1.00 e. The Kier molecular flexibility index (Phi) is 11.6. The number of carbonyl (C=O) groups is 1. The molecule has 0 aromatic heterocycles. The van der Waals surface area contributed by atoms with Gasteiger partial charge in [0, 0.05) is 0 Å². The molecule has 0 radical (unpaired) electrons. The molecular formula is C22H32Cl2NOSiTi. The molecule has 1 aromatic carbocycles. The molecule has 1 amide bonds. The van der Waals surface area contributed by atoms with Crippen LogP contribution < -0.4 is 33.8 Å². The molecule has 0 bridgehead atoms. The van der Waals surface area contributed by atoms with Gasteiger partial charge in [0.05, 0.1) is 0 Å². The molecule has 1 aliphatic carbocycles. The number of amides is 1. The molecule has 153 valence electrons. The summed E-state index contributed by atoms with van der Waals surface area (Å²) in [6.45, 7) is 16.0. The second-order valence-corrected chi connectivity index (χ2v) is 11.1. The third kappa shape index (κ3) is 5.23. The van der Waals surface area contributed by atoms with Crippen LogP contribution in [0.4, 0.5) is 0 Å². The van der Waals surface area contributed by atoms with Gasteiger partial charge in [-0.25, -0.2) is 0 Å². The van der Waals surface area contributed by atoms with Crippen LogP contribution >= 0.6 is 0 Å². The van der Waals surface area contributed by atoms with E-state index in [1.54, 1.807) is 20.7 Å².